The van der Waals surface area contributed by atoms with E-state index in [1.165, 1.54) is 46.9 Å². The molecule has 160 valence electrons. The van der Waals surface area contributed by atoms with E-state index in [1.807, 2.05) is 0 Å². The second kappa shape index (κ2) is 9.72. The van der Waals surface area contributed by atoms with Crippen LogP contribution in [0.1, 0.15) is 21.5 Å². The van der Waals surface area contributed by atoms with Crippen molar-refractivity contribution in [2.75, 3.05) is 10.6 Å². The summed E-state index contributed by atoms with van der Waals surface area (Å²) in [6, 6.07) is 18.7. The lowest BCUT2D eigenvalue weighted by atomic mass is 10.2. The van der Waals surface area contributed by atoms with Crippen LogP contribution in [0.3, 0.4) is 0 Å². The maximum absolute atomic E-state index is 12.9. The van der Waals surface area contributed by atoms with Gasteiger partial charge in [0.1, 0.15) is 5.82 Å². The summed E-state index contributed by atoms with van der Waals surface area (Å²) < 4.78 is 38.7. The summed E-state index contributed by atoms with van der Waals surface area (Å²) in [5, 5.41) is 4.41. The molecule has 0 unspecified atom stereocenters. The minimum absolute atomic E-state index is 0.128. The highest BCUT2D eigenvalue weighted by atomic mass is 35.5. The average Bonchev–Trinajstić information content (AvgIpc) is 2.74. The largest absolute Gasteiger partial charge is 0.271 e. The number of benzene rings is 3. The second-order valence-corrected chi connectivity index (χ2v) is 9.04. The van der Waals surface area contributed by atoms with Crippen LogP contribution >= 0.6 is 11.6 Å². The number of halogens is 2. The number of nitrogens with zero attached hydrogens (tertiary/aromatic N) is 2. The van der Waals surface area contributed by atoms with Crippen LogP contribution in [-0.4, -0.2) is 26.8 Å². The van der Waals surface area contributed by atoms with E-state index in [4.69, 9.17) is 11.6 Å². The van der Waals surface area contributed by atoms with Crippen molar-refractivity contribution >= 4 is 39.4 Å². The molecule has 1 amide bonds. The van der Waals surface area contributed by atoms with E-state index in [1.54, 1.807) is 36.4 Å². The lowest BCUT2D eigenvalue weighted by molar-refractivity contribution is 0.0955. The highest BCUT2D eigenvalue weighted by Gasteiger charge is 2.18. The molecule has 0 aliphatic carbocycles. The highest BCUT2D eigenvalue weighted by molar-refractivity contribution is 7.92. The van der Waals surface area contributed by atoms with Gasteiger partial charge in [-0.25, -0.2) is 18.2 Å². The van der Waals surface area contributed by atoms with Gasteiger partial charge in [-0.1, -0.05) is 35.9 Å². The molecule has 0 saturated heterocycles. The summed E-state index contributed by atoms with van der Waals surface area (Å²) in [5.41, 5.74) is 4.50. The van der Waals surface area contributed by atoms with Gasteiger partial charge in [-0.3, -0.25) is 9.10 Å². The van der Waals surface area contributed by atoms with Gasteiger partial charge in [0.25, 0.3) is 5.91 Å². The summed E-state index contributed by atoms with van der Waals surface area (Å²) in [7, 11) is -3.56. The molecule has 0 aromatic heterocycles. The van der Waals surface area contributed by atoms with E-state index in [0.717, 1.165) is 11.8 Å². The Balaban J connectivity index is 1.70. The van der Waals surface area contributed by atoms with Crippen molar-refractivity contribution in [2.45, 2.75) is 6.54 Å². The SMILES string of the molecule is CS(=O)(=O)N(Cc1ccc(Cl)cc1)c1ccc(C(=O)N/N=C\c2ccc(F)cc2)cc1. The summed E-state index contributed by atoms with van der Waals surface area (Å²) in [6.07, 6.45) is 2.51. The number of hydrogen-bond donors (Lipinski definition) is 1. The normalized spacial score (nSPS) is 11.5. The standard InChI is InChI=1S/C22H19ClFN3O3S/c1-31(29,30)27(15-17-2-8-19(23)9-3-17)21-12-6-18(7-13-21)22(28)26-25-14-16-4-10-20(24)11-5-16/h2-14H,15H2,1H3,(H,26,28)/b25-14-. The third-order valence-corrected chi connectivity index (χ3v) is 5.70. The van der Waals surface area contributed by atoms with Gasteiger partial charge in [0.2, 0.25) is 10.0 Å². The molecular weight excluding hydrogens is 441 g/mol. The molecule has 0 spiro atoms. The van der Waals surface area contributed by atoms with E-state index in [-0.39, 0.29) is 12.4 Å². The van der Waals surface area contributed by atoms with Crippen molar-refractivity contribution in [1.29, 1.82) is 0 Å². The maximum atomic E-state index is 12.9. The Morgan fingerprint density at radius 3 is 2.23 bits per heavy atom. The molecule has 6 nitrogen and oxygen atoms in total. The van der Waals surface area contributed by atoms with Gasteiger partial charge >= 0.3 is 0 Å². The number of hydrazone groups is 1. The zero-order valence-electron chi connectivity index (χ0n) is 16.5. The fourth-order valence-electron chi connectivity index (χ4n) is 2.71. The molecule has 0 saturated carbocycles. The molecule has 0 bridgehead atoms. The van der Waals surface area contributed by atoms with Crippen molar-refractivity contribution in [3.8, 4) is 0 Å². The minimum Gasteiger partial charge on any atom is -0.267 e. The lowest BCUT2D eigenvalue weighted by Crippen LogP contribution is -2.29. The van der Waals surface area contributed by atoms with Crippen molar-refractivity contribution in [2.24, 2.45) is 5.10 Å². The number of carbonyl (C=O) groups excluding carboxylic acids is 1. The summed E-state index contributed by atoms with van der Waals surface area (Å²) >= 11 is 5.88. The zero-order chi connectivity index (χ0) is 22.4. The third kappa shape index (κ3) is 6.37. The molecule has 0 radical (unpaired) electrons. The first-order chi connectivity index (χ1) is 14.7. The fourth-order valence-corrected chi connectivity index (χ4v) is 3.73. The van der Waals surface area contributed by atoms with Crippen molar-refractivity contribution in [1.82, 2.24) is 5.43 Å². The fraction of sp³-hybridized carbons (Fsp3) is 0.0909. The molecule has 0 fully saturated rings. The van der Waals surface area contributed by atoms with Gasteiger partial charge < -0.3 is 0 Å². The molecule has 3 aromatic rings. The summed E-state index contributed by atoms with van der Waals surface area (Å²) in [5.74, 6) is -0.825. The van der Waals surface area contributed by atoms with Crippen LogP contribution in [0.2, 0.25) is 5.02 Å². The van der Waals surface area contributed by atoms with E-state index in [9.17, 15) is 17.6 Å². The number of hydrogen-bond acceptors (Lipinski definition) is 4. The molecule has 0 atom stereocenters. The van der Waals surface area contributed by atoms with E-state index < -0.39 is 15.9 Å². The van der Waals surface area contributed by atoms with Gasteiger partial charge in [0.05, 0.1) is 24.7 Å². The van der Waals surface area contributed by atoms with Crippen LogP contribution in [0.5, 0.6) is 0 Å². The number of anilines is 1. The second-order valence-electron chi connectivity index (χ2n) is 6.69. The van der Waals surface area contributed by atoms with Gasteiger partial charge in [-0.2, -0.15) is 5.10 Å². The average molecular weight is 460 g/mol. The monoisotopic (exact) mass is 459 g/mol. The van der Waals surface area contributed by atoms with Crippen LogP contribution in [0.15, 0.2) is 77.9 Å². The molecule has 0 heterocycles. The Bertz CT molecular complexity index is 1180. The number of amides is 1. The van der Waals surface area contributed by atoms with E-state index in [2.05, 4.69) is 10.5 Å². The predicted molar refractivity (Wildman–Crippen MR) is 120 cm³/mol. The number of rotatable bonds is 7. The minimum atomic E-state index is -3.56. The Labute approximate surface area is 185 Å². The van der Waals surface area contributed by atoms with Crippen LogP contribution < -0.4 is 9.73 Å². The first-order valence-electron chi connectivity index (χ1n) is 9.13. The molecule has 0 aliphatic heterocycles. The summed E-state index contributed by atoms with van der Waals surface area (Å²) in [4.78, 5) is 12.3. The van der Waals surface area contributed by atoms with Gasteiger partial charge in [0.15, 0.2) is 0 Å². The smallest absolute Gasteiger partial charge is 0.267 e. The first kappa shape index (κ1) is 22.5. The number of nitrogens with one attached hydrogen (secondary N) is 1. The molecule has 3 rings (SSSR count). The Morgan fingerprint density at radius 2 is 1.65 bits per heavy atom. The van der Waals surface area contributed by atoms with Gasteiger partial charge in [-0.05, 0) is 59.7 Å². The molecule has 31 heavy (non-hydrogen) atoms. The Hall–Kier alpha value is -3.23. The first-order valence-corrected chi connectivity index (χ1v) is 11.4. The van der Waals surface area contributed by atoms with Crippen LogP contribution in [-0.2, 0) is 16.6 Å². The van der Waals surface area contributed by atoms with Crippen molar-refractivity contribution < 1.29 is 17.6 Å². The van der Waals surface area contributed by atoms with E-state index >= 15 is 0 Å². The quantitative estimate of drug-likeness (QED) is 0.424. The van der Waals surface area contributed by atoms with Gasteiger partial charge in [-0.15, -0.1) is 0 Å². The number of carbonyl (C=O) groups is 1. The Morgan fingerprint density at radius 1 is 1.03 bits per heavy atom. The lowest BCUT2D eigenvalue weighted by Gasteiger charge is -2.22. The van der Waals surface area contributed by atoms with Crippen molar-refractivity contribution in [3.63, 3.8) is 0 Å². The van der Waals surface area contributed by atoms with Crippen LogP contribution in [0, 0.1) is 5.82 Å². The van der Waals surface area contributed by atoms with E-state index in [0.29, 0.717) is 21.8 Å². The van der Waals surface area contributed by atoms with Crippen LogP contribution in [0.4, 0.5) is 10.1 Å². The van der Waals surface area contributed by atoms with Crippen molar-refractivity contribution in [3.05, 3.63) is 100 Å². The maximum Gasteiger partial charge on any atom is 0.271 e. The molecule has 3 aromatic carbocycles. The van der Waals surface area contributed by atoms with Gasteiger partial charge in [0, 0.05) is 10.6 Å². The topological polar surface area (TPSA) is 78.8 Å². The molecule has 0 aliphatic rings. The molecule has 9 heteroatoms. The summed E-state index contributed by atoms with van der Waals surface area (Å²) in [6.45, 7) is 0.128. The molecular formula is C22H19ClFN3O3S. The Kier molecular flexibility index (Phi) is 7.04. The predicted octanol–water partition coefficient (Wildman–Crippen LogP) is 4.21. The zero-order valence-corrected chi connectivity index (χ0v) is 18.1. The third-order valence-electron chi connectivity index (χ3n) is 4.31. The molecule has 1 N–H and O–H groups in total. The van der Waals surface area contributed by atoms with Crippen LogP contribution in [0.25, 0.3) is 0 Å². The number of sulfonamides is 1. The highest BCUT2D eigenvalue weighted by Crippen LogP contribution is 2.22.